The fourth-order valence-electron chi connectivity index (χ4n) is 0.825. The lowest BCUT2D eigenvalue weighted by Gasteiger charge is -2.04. The molecule has 0 heterocycles. The van der Waals surface area contributed by atoms with Gasteiger partial charge in [-0.3, -0.25) is 9.59 Å². The van der Waals surface area contributed by atoms with E-state index in [1.54, 1.807) is 0 Å². The molecule has 4 heteroatoms. The molecule has 0 aromatic carbocycles. The summed E-state index contributed by atoms with van der Waals surface area (Å²) in [6.45, 7) is 4.58. The number of nitrogens with two attached hydrogens (primary N) is 1. The van der Waals surface area contributed by atoms with E-state index in [1.807, 2.05) is 13.8 Å². The molecule has 0 aliphatic heterocycles. The molecule has 0 atom stereocenters. The predicted octanol–water partition coefficient (Wildman–Crippen LogP) is 0.0666. The minimum Gasteiger partial charge on any atom is -0.355 e. The van der Waals surface area contributed by atoms with Crippen LogP contribution in [0.5, 0.6) is 0 Å². The monoisotopic (exact) mass is 186 g/mol. The number of carbonyl (C=O) groups is 2. The quantitative estimate of drug-likeness (QED) is 0.616. The fourth-order valence-corrected chi connectivity index (χ4v) is 0.825. The molecule has 0 saturated carbocycles. The number of hydrogen-bond donors (Lipinski definition) is 2. The Labute approximate surface area is 78.9 Å². The van der Waals surface area contributed by atoms with Crippen LogP contribution in [0.25, 0.3) is 0 Å². The summed E-state index contributed by atoms with van der Waals surface area (Å²) < 4.78 is 0. The molecule has 13 heavy (non-hydrogen) atoms. The van der Waals surface area contributed by atoms with E-state index in [0.717, 1.165) is 0 Å². The highest BCUT2D eigenvalue weighted by Crippen LogP contribution is 2.01. The van der Waals surface area contributed by atoms with Gasteiger partial charge in [-0.1, -0.05) is 13.8 Å². The second-order valence-electron chi connectivity index (χ2n) is 3.26. The highest BCUT2D eigenvalue weighted by molar-refractivity contribution is 5.85. The summed E-state index contributed by atoms with van der Waals surface area (Å²) in [5.41, 5.74) is 5.20. The first-order valence-electron chi connectivity index (χ1n) is 4.57. The van der Waals surface area contributed by atoms with Gasteiger partial charge in [-0.15, -0.1) is 0 Å². The normalized spacial score (nSPS) is 10.2. The third-order valence-corrected chi connectivity index (χ3v) is 1.71. The number of hydrogen-bond acceptors (Lipinski definition) is 3. The van der Waals surface area contributed by atoms with Gasteiger partial charge in [0.15, 0.2) is 0 Å². The maximum absolute atomic E-state index is 11.1. The highest BCUT2D eigenvalue weighted by Gasteiger charge is 2.09. The summed E-state index contributed by atoms with van der Waals surface area (Å²) in [5.74, 6) is 0.0460. The fraction of sp³-hybridized carbons (Fsp3) is 0.778. The van der Waals surface area contributed by atoms with Crippen LogP contribution in [0, 0.1) is 5.92 Å². The minimum atomic E-state index is -0.0977. The second-order valence-corrected chi connectivity index (χ2v) is 3.26. The van der Waals surface area contributed by atoms with Crippen LogP contribution in [0.2, 0.25) is 0 Å². The molecule has 0 bridgehead atoms. The molecule has 0 fully saturated rings. The molecule has 0 radical (unpaired) electrons. The summed E-state index contributed by atoms with van der Waals surface area (Å²) >= 11 is 0. The van der Waals surface area contributed by atoms with Crippen LogP contribution in [0.3, 0.4) is 0 Å². The second kappa shape index (κ2) is 6.60. The van der Waals surface area contributed by atoms with Gasteiger partial charge in [0.1, 0.15) is 5.78 Å². The van der Waals surface area contributed by atoms with E-state index < -0.39 is 0 Å². The van der Waals surface area contributed by atoms with Gasteiger partial charge in [0.05, 0.1) is 0 Å². The van der Waals surface area contributed by atoms with E-state index in [2.05, 4.69) is 5.32 Å². The number of rotatable bonds is 6. The molecule has 0 spiro atoms. The zero-order valence-corrected chi connectivity index (χ0v) is 8.30. The van der Waals surface area contributed by atoms with Crippen LogP contribution in [0.4, 0.5) is 0 Å². The van der Waals surface area contributed by atoms with Crippen molar-refractivity contribution in [1.82, 2.24) is 5.32 Å². The maximum Gasteiger partial charge on any atom is 0.220 e. The molecule has 0 unspecified atom stereocenters. The Balaban J connectivity index is 3.52. The topological polar surface area (TPSA) is 72.2 Å². The van der Waals surface area contributed by atoms with E-state index in [9.17, 15) is 9.59 Å². The standard InChI is InChI=1S/C9H18N2O2/c1-7(2)8(12)3-4-9(13)11-6-5-10/h7H,3-6,10H2,1-2H3,(H,11,13). The van der Waals surface area contributed by atoms with Crippen LogP contribution >= 0.6 is 0 Å². The lowest BCUT2D eigenvalue weighted by molar-refractivity contribution is -0.126. The Morgan fingerprint density at radius 1 is 1.31 bits per heavy atom. The van der Waals surface area contributed by atoms with Crippen molar-refractivity contribution < 1.29 is 9.59 Å². The van der Waals surface area contributed by atoms with Gasteiger partial charge in [-0.05, 0) is 0 Å². The first-order valence-corrected chi connectivity index (χ1v) is 4.57. The van der Waals surface area contributed by atoms with Gasteiger partial charge in [0.25, 0.3) is 0 Å². The zero-order chi connectivity index (χ0) is 10.3. The van der Waals surface area contributed by atoms with Crippen molar-refractivity contribution in [2.75, 3.05) is 13.1 Å². The van der Waals surface area contributed by atoms with Gasteiger partial charge in [0, 0.05) is 31.8 Å². The number of ketones is 1. The van der Waals surface area contributed by atoms with Crippen molar-refractivity contribution in [3.05, 3.63) is 0 Å². The van der Waals surface area contributed by atoms with Crippen LogP contribution in [-0.4, -0.2) is 24.8 Å². The van der Waals surface area contributed by atoms with Crippen molar-refractivity contribution in [3.8, 4) is 0 Å². The molecule has 0 saturated heterocycles. The lowest BCUT2D eigenvalue weighted by Crippen LogP contribution is -2.29. The van der Waals surface area contributed by atoms with E-state index in [-0.39, 0.29) is 24.0 Å². The Kier molecular flexibility index (Phi) is 6.14. The number of amides is 1. The Hall–Kier alpha value is -0.900. The highest BCUT2D eigenvalue weighted by atomic mass is 16.2. The molecule has 76 valence electrons. The molecule has 0 aromatic rings. The summed E-state index contributed by atoms with van der Waals surface area (Å²) in [6.07, 6.45) is 0.602. The van der Waals surface area contributed by atoms with E-state index in [1.165, 1.54) is 0 Å². The van der Waals surface area contributed by atoms with Crippen LogP contribution in [0.15, 0.2) is 0 Å². The molecule has 0 rings (SSSR count). The molecular formula is C9H18N2O2. The van der Waals surface area contributed by atoms with Crippen molar-refractivity contribution in [1.29, 1.82) is 0 Å². The van der Waals surface area contributed by atoms with Crippen molar-refractivity contribution in [2.45, 2.75) is 26.7 Å². The van der Waals surface area contributed by atoms with Gasteiger partial charge >= 0.3 is 0 Å². The maximum atomic E-state index is 11.1. The first kappa shape index (κ1) is 12.1. The predicted molar refractivity (Wildman–Crippen MR) is 51.1 cm³/mol. The molecule has 0 aromatic heterocycles. The zero-order valence-electron chi connectivity index (χ0n) is 8.30. The van der Waals surface area contributed by atoms with E-state index in [4.69, 9.17) is 5.73 Å². The van der Waals surface area contributed by atoms with Crippen molar-refractivity contribution in [3.63, 3.8) is 0 Å². The Morgan fingerprint density at radius 2 is 1.92 bits per heavy atom. The summed E-state index contributed by atoms with van der Waals surface area (Å²) in [4.78, 5) is 22.1. The average molecular weight is 186 g/mol. The number of nitrogens with one attached hydrogen (secondary N) is 1. The number of Topliss-reactive ketones (excluding diaryl/α,β-unsaturated/α-hetero) is 1. The van der Waals surface area contributed by atoms with E-state index in [0.29, 0.717) is 19.5 Å². The molecule has 0 aliphatic carbocycles. The third kappa shape index (κ3) is 6.28. The minimum absolute atomic E-state index is 0.0160. The molecule has 4 nitrogen and oxygen atoms in total. The van der Waals surface area contributed by atoms with Gasteiger partial charge < -0.3 is 11.1 Å². The molecular weight excluding hydrogens is 168 g/mol. The van der Waals surface area contributed by atoms with Crippen molar-refractivity contribution in [2.24, 2.45) is 11.7 Å². The van der Waals surface area contributed by atoms with Gasteiger partial charge in [0.2, 0.25) is 5.91 Å². The smallest absolute Gasteiger partial charge is 0.220 e. The number of carbonyl (C=O) groups excluding carboxylic acids is 2. The largest absolute Gasteiger partial charge is 0.355 e. The molecule has 0 aliphatic rings. The SMILES string of the molecule is CC(C)C(=O)CCC(=O)NCCN. The average Bonchev–Trinajstić information content (AvgIpc) is 2.10. The van der Waals surface area contributed by atoms with Gasteiger partial charge in [-0.25, -0.2) is 0 Å². The van der Waals surface area contributed by atoms with Crippen LogP contribution < -0.4 is 11.1 Å². The Bertz CT molecular complexity index is 178. The summed E-state index contributed by atoms with van der Waals surface area (Å²) in [5, 5.41) is 2.61. The summed E-state index contributed by atoms with van der Waals surface area (Å²) in [7, 11) is 0. The van der Waals surface area contributed by atoms with Crippen LogP contribution in [-0.2, 0) is 9.59 Å². The first-order chi connectivity index (χ1) is 6.07. The third-order valence-electron chi connectivity index (χ3n) is 1.71. The summed E-state index contributed by atoms with van der Waals surface area (Å²) in [6, 6.07) is 0. The van der Waals surface area contributed by atoms with Crippen LogP contribution in [0.1, 0.15) is 26.7 Å². The van der Waals surface area contributed by atoms with Gasteiger partial charge in [-0.2, -0.15) is 0 Å². The van der Waals surface area contributed by atoms with Crippen molar-refractivity contribution >= 4 is 11.7 Å². The lowest BCUT2D eigenvalue weighted by atomic mass is 10.0. The van der Waals surface area contributed by atoms with E-state index >= 15 is 0 Å². The molecule has 1 amide bonds. The Morgan fingerprint density at radius 3 is 2.38 bits per heavy atom. The molecule has 3 N–H and O–H groups in total.